The zero-order chi connectivity index (χ0) is 11.1. The van der Waals surface area contributed by atoms with Crippen molar-refractivity contribution < 1.29 is 8.42 Å². The Morgan fingerprint density at radius 3 is 2.67 bits per heavy atom. The van der Waals surface area contributed by atoms with E-state index in [0.717, 1.165) is 22.9 Å². The van der Waals surface area contributed by atoms with Gasteiger partial charge in [0.2, 0.25) is 0 Å². The maximum absolute atomic E-state index is 11.5. The van der Waals surface area contributed by atoms with Gasteiger partial charge >= 0.3 is 0 Å². The molecule has 3 nitrogen and oxygen atoms in total. The largest absolute Gasteiger partial charge is 0.360 e. The second-order valence-electron chi connectivity index (χ2n) is 3.62. The van der Waals surface area contributed by atoms with Gasteiger partial charge in [-0.1, -0.05) is 25.1 Å². The Kier molecular flexibility index (Phi) is 2.31. The van der Waals surface area contributed by atoms with Gasteiger partial charge in [0.15, 0.2) is 9.84 Å². The minimum Gasteiger partial charge on any atom is -0.360 e. The number of rotatable bonds is 2. The molecule has 2 aromatic rings. The number of nitrogens with one attached hydrogen (secondary N) is 1. The van der Waals surface area contributed by atoms with Crippen molar-refractivity contribution in [2.45, 2.75) is 18.2 Å². The summed E-state index contributed by atoms with van der Waals surface area (Å²) in [6.07, 6.45) is 3.69. The summed E-state index contributed by atoms with van der Waals surface area (Å²) in [5.74, 6) is 0. The van der Waals surface area contributed by atoms with Gasteiger partial charge in [0.05, 0.1) is 4.90 Å². The van der Waals surface area contributed by atoms with E-state index in [9.17, 15) is 8.42 Å². The highest BCUT2D eigenvalue weighted by Crippen LogP contribution is 2.25. The Morgan fingerprint density at radius 2 is 2.07 bits per heavy atom. The topological polar surface area (TPSA) is 49.9 Å². The van der Waals surface area contributed by atoms with Crippen LogP contribution in [0.2, 0.25) is 0 Å². The Morgan fingerprint density at radius 1 is 1.33 bits per heavy atom. The molecule has 0 saturated heterocycles. The molecule has 1 aromatic carbocycles. The molecular weight excluding hydrogens is 210 g/mol. The van der Waals surface area contributed by atoms with Gasteiger partial charge in [0, 0.05) is 23.4 Å². The summed E-state index contributed by atoms with van der Waals surface area (Å²) in [6, 6.07) is 5.73. The van der Waals surface area contributed by atoms with Crippen molar-refractivity contribution in [2.24, 2.45) is 0 Å². The molecule has 1 N–H and O–H groups in total. The molecule has 0 atom stereocenters. The number of para-hydroxylation sites is 1. The summed E-state index contributed by atoms with van der Waals surface area (Å²) in [4.78, 5) is 3.42. The average molecular weight is 223 g/mol. The minimum atomic E-state index is -3.14. The van der Waals surface area contributed by atoms with Gasteiger partial charge in [-0.2, -0.15) is 0 Å². The van der Waals surface area contributed by atoms with Crippen LogP contribution in [0.25, 0.3) is 10.9 Å². The van der Waals surface area contributed by atoms with E-state index in [1.807, 2.05) is 18.2 Å². The van der Waals surface area contributed by atoms with Crippen molar-refractivity contribution in [2.75, 3.05) is 6.26 Å². The molecule has 1 heterocycles. The number of sulfone groups is 1. The number of fused-ring (bicyclic) bond motifs is 1. The van der Waals surface area contributed by atoms with Gasteiger partial charge < -0.3 is 4.98 Å². The molecule has 0 aliphatic carbocycles. The second kappa shape index (κ2) is 3.38. The highest BCUT2D eigenvalue weighted by Gasteiger charge is 2.14. The Bertz CT molecular complexity index is 596. The van der Waals surface area contributed by atoms with Gasteiger partial charge in [-0.15, -0.1) is 0 Å². The molecule has 0 saturated carbocycles. The van der Waals surface area contributed by atoms with Crippen molar-refractivity contribution in [1.29, 1.82) is 0 Å². The maximum atomic E-state index is 11.5. The van der Waals surface area contributed by atoms with E-state index in [0.29, 0.717) is 4.90 Å². The molecule has 0 aliphatic heterocycles. The molecule has 0 bridgehead atoms. The van der Waals surface area contributed by atoms with Crippen LogP contribution in [-0.2, 0) is 16.3 Å². The first-order valence-electron chi connectivity index (χ1n) is 4.83. The maximum Gasteiger partial charge on any atom is 0.177 e. The summed E-state index contributed by atoms with van der Waals surface area (Å²) < 4.78 is 23.0. The molecule has 2 rings (SSSR count). The second-order valence-corrected chi connectivity index (χ2v) is 5.60. The number of aromatic amines is 1. The first-order chi connectivity index (χ1) is 7.04. The first-order valence-corrected chi connectivity index (χ1v) is 6.72. The van der Waals surface area contributed by atoms with Crippen LogP contribution in [0.1, 0.15) is 12.5 Å². The van der Waals surface area contributed by atoms with Crippen molar-refractivity contribution in [3.63, 3.8) is 0 Å². The van der Waals surface area contributed by atoms with Gasteiger partial charge in [-0.3, -0.25) is 0 Å². The molecule has 0 amide bonds. The van der Waals surface area contributed by atoms with E-state index < -0.39 is 9.84 Å². The third kappa shape index (κ3) is 1.65. The van der Waals surface area contributed by atoms with E-state index in [2.05, 4.69) is 11.9 Å². The highest BCUT2D eigenvalue weighted by molar-refractivity contribution is 7.91. The van der Waals surface area contributed by atoms with Gasteiger partial charge in [0.1, 0.15) is 0 Å². The first kappa shape index (κ1) is 10.2. The standard InChI is InChI=1S/C11H13NO2S/c1-3-8-5-4-6-9-10(15(2,13)14)7-12-11(8)9/h4-7,12H,3H2,1-2H3. The molecule has 15 heavy (non-hydrogen) atoms. The highest BCUT2D eigenvalue weighted by atomic mass is 32.2. The number of aromatic nitrogens is 1. The number of H-pyrrole nitrogens is 1. The minimum absolute atomic E-state index is 0.382. The molecule has 0 radical (unpaired) electrons. The third-order valence-corrected chi connectivity index (χ3v) is 3.68. The van der Waals surface area contributed by atoms with Gasteiger partial charge in [-0.05, 0) is 12.0 Å². The Balaban J connectivity index is 2.83. The molecule has 0 unspecified atom stereocenters. The fraction of sp³-hybridized carbons (Fsp3) is 0.273. The smallest absolute Gasteiger partial charge is 0.177 e. The van der Waals surface area contributed by atoms with Crippen LogP contribution in [-0.4, -0.2) is 19.7 Å². The lowest BCUT2D eigenvalue weighted by Gasteiger charge is -1.99. The number of hydrogen-bond donors (Lipinski definition) is 1. The summed E-state index contributed by atoms with van der Waals surface area (Å²) in [5.41, 5.74) is 2.07. The summed E-state index contributed by atoms with van der Waals surface area (Å²) in [7, 11) is -3.14. The van der Waals surface area contributed by atoms with E-state index in [4.69, 9.17) is 0 Å². The number of hydrogen-bond acceptors (Lipinski definition) is 2. The molecule has 80 valence electrons. The van der Waals surface area contributed by atoms with Crippen molar-refractivity contribution in [3.05, 3.63) is 30.0 Å². The predicted octanol–water partition coefficient (Wildman–Crippen LogP) is 2.13. The Labute approximate surface area is 89.0 Å². The fourth-order valence-electron chi connectivity index (χ4n) is 1.79. The Hall–Kier alpha value is -1.29. The van der Waals surface area contributed by atoms with Crippen LogP contribution in [0.3, 0.4) is 0 Å². The molecule has 0 fully saturated rings. The molecular formula is C11H13NO2S. The average Bonchev–Trinajstić information content (AvgIpc) is 2.59. The fourth-order valence-corrected chi connectivity index (χ4v) is 2.64. The van der Waals surface area contributed by atoms with Crippen molar-refractivity contribution >= 4 is 20.7 Å². The SMILES string of the molecule is CCc1cccc2c(S(C)(=O)=O)c[nH]c12. The van der Waals surface area contributed by atoms with E-state index >= 15 is 0 Å². The quantitative estimate of drug-likeness (QED) is 0.848. The molecule has 0 spiro atoms. The van der Waals surface area contributed by atoms with Crippen LogP contribution in [0, 0.1) is 0 Å². The van der Waals surface area contributed by atoms with Crippen LogP contribution in [0.5, 0.6) is 0 Å². The summed E-state index contributed by atoms with van der Waals surface area (Å²) in [5, 5.41) is 0.789. The normalized spacial score (nSPS) is 12.1. The number of benzene rings is 1. The third-order valence-electron chi connectivity index (χ3n) is 2.54. The van der Waals surface area contributed by atoms with Gasteiger partial charge in [-0.25, -0.2) is 8.42 Å². The molecule has 4 heteroatoms. The molecule has 0 aliphatic rings. The van der Waals surface area contributed by atoms with E-state index in [1.54, 1.807) is 6.20 Å². The zero-order valence-electron chi connectivity index (χ0n) is 8.74. The van der Waals surface area contributed by atoms with Crippen molar-refractivity contribution in [1.82, 2.24) is 4.98 Å². The lowest BCUT2D eigenvalue weighted by Crippen LogP contribution is -1.95. The predicted molar refractivity (Wildman–Crippen MR) is 60.8 cm³/mol. The zero-order valence-corrected chi connectivity index (χ0v) is 9.56. The van der Waals surface area contributed by atoms with Crippen LogP contribution in [0.15, 0.2) is 29.3 Å². The monoisotopic (exact) mass is 223 g/mol. The van der Waals surface area contributed by atoms with Gasteiger partial charge in [0.25, 0.3) is 0 Å². The summed E-state index contributed by atoms with van der Waals surface area (Å²) >= 11 is 0. The summed E-state index contributed by atoms with van der Waals surface area (Å²) in [6.45, 7) is 2.05. The van der Waals surface area contributed by atoms with E-state index in [-0.39, 0.29) is 0 Å². The lowest BCUT2D eigenvalue weighted by molar-refractivity contribution is 0.602. The van der Waals surface area contributed by atoms with E-state index in [1.165, 1.54) is 6.26 Å². The van der Waals surface area contributed by atoms with Crippen LogP contribution < -0.4 is 0 Å². The molecule has 1 aromatic heterocycles. The van der Waals surface area contributed by atoms with Crippen molar-refractivity contribution in [3.8, 4) is 0 Å². The van der Waals surface area contributed by atoms with Crippen LogP contribution >= 0.6 is 0 Å². The number of aryl methyl sites for hydroxylation is 1. The lowest BCUT2D eigenvalue weighted by atomic mass is 10.1. The van der Waals surface area contributed by atoms with Crippen LogP contribution in [0.4, 0.5) is 0 Å².